The van der Waals surface area contributed by atoms with Crippen LogP contribution >= 0.6 is 12.2 Å². The number of aryl methyl sites for hydroxylation is 2. The van der Waals surface area contributed by atoms with Crippen molar-refractivity contribution in [2.45, 2.75) is 26.8 Å². The number of ether oxygens (including phenoxy) is 2. The van der Waals surface area contributed by atoms with Crippen LogP contribution < -0.4 is 20.3 Å². The number of nitrogens with one attached hydrogen (secondary N) is 2. The number of fused-ring (bicyclic) bond motifs is 2. The average Bonchev–Trinajstić information content (AvgIpc) is 3.29. The number of hydrogen-bond acceptors (Lipinski definition) is 4. The van der Waals surface area contributed by atoms with Crippen LogP contribution in [0.1, 0.15) is 22.3 Å². The number of H-pyrrole nitrogens is 1. The van der Waals surface area contributed by atoms with Gasteiger partial charge in [0.1, 0.15) is 0 Å². The second-order valence-electron chi connectivity index (χ2n) is 8.87. The fourth-order valence-corrected chi connectivity index (χ4v) is 4.46. The highest BCUT2D eigenvalue weighted by molar-refractivity contribution is 7.80. The van der Waals surface area contributed by atoms with Crippen LogP contribution in [0.15, 0.2) is 71.5 Å². The first-order chi connectivity index (χ1) is 16.9. The van der Waals surface area contributed by atoms with E-state index in [4.69, 9.17) is 21.7 Å². The molecule has 0 amide bonds. The van der Waals surface area contributed by atoms with Crippen LogP contribution in [-0.4, -0.2) is 28.3 Å². The first-order valence-corrected chi connectivity index (χ1v) is 12.0. The Balaban J connectivity index is 1.42. The number of aromatic amines is 1. The van der Waals surface area contributed by atoms with Crippen LogP contribution in [0.25, 0.3) is 10.9 Å². The maximum absolute atomic E-state index is 13.0. The molecule has 2 N–H and O–H groups in total. The average molecular weight is 486 g/mol. The minimum Gasteiger partial charge on any atom is -0.454 e. The van der Waals surface area contributed by atoms with Crippen molar-refractivity contribution < 1.29 is 9.47 Å². The number of hydrogen-bond donors (Lipinski definition) is 2. The predicted molar refractivity (Wildman–Crippen MR) is 143 cm³/mol. The third-order valence-electron chi connectivity index (χ3n) is 6.12. The van der Waals surface area contributed by atoms with Crippen molar-refractivity contribution in [3.05, 3.63) is 99.3 Å². The minimum absolute atomic E-state index is 0.143. The summed E-state index contributed by atoms with van der Waals surface area (Å²) in [6.45, 7) is 5.37. The summed E-state index contributed by atoms with van der Waals surface area (Å²) < 4.78 is 11.0. The topological polar surface area (TPSA) is 66.6 Å². The fourth-order valence-electron chi connectivity index (χ4n) is 4.19. The van der Waals surface area contributed by atoms with Gasteiger partial charge in [-0.2, -0.15) is 0 Å². The number of benzene rings is 3. The molecule has 0 radical (unpaired) electrons. The van der Waals surface area contributed by atoms with Gasteiger partial charge in [0.2, 0.25) is 6.79 Å². The first-order valence-electron chi connectivity index (χ1n) is 11.6. The lowest BCUT2D eigenvalue weighted by atomic mass is 10.1. The summed E-state index contributed by atoms with van der Waals surface area (Å²) >= 11 is 5.80. The van der Waals surface area contributed by atoms with Gasteiger partial charge in [-0.15, -0.1) is 0 Å². The maximum atomic E-state index is 13.0. The second-order valence-corrected chi connectivity index (χ2v) is 9.26. The van der Waals surface area contributed by atoms with E-state index in [2.05, 4.69) is 48.4 Å². The molecule has 0 saturated heterocycles. The zero-order chi connectivity index (χ0) is 24.4. The van der Waals surface area contributed by atoms with Crippen molar-refractivity contribution in [1.82, 2.24) is 9.88 Å². The number of thiocarbonyl (C=S) groups is 1. The molecule has 0 saturated carbocycles. The SMILES string of the molecule is Cc1ccc(NC(=S)N(CCc2cccc(C)c2)Cc2cc3cc4c(cc3[nH]c2=O)OCO4)cc1. The van der Waals surface area contributed by atoms with Gasteiger partial charge in [-0.05, 0) is 62.3 Å². The summed E-state index contributed by atoms with van der Waals surface area (Å²) in [5, 5.41) is 4.80. The van der Waals surface area contributed by atoms with Crippen molar-refractivity contribution in [2.75, 3.05) is 18.7 Å². The van der Waals surface area contributed by atoms with E-state index in [1.807, 2.05) is 47.4 Å². The molecule has 4 aromatic rings. The molecular weight excluding hydrogens is 458 g/mol. The lowest BCUT2D eigenvalue weighted by molar-refractivity contribution is 0.174. The number of nitrogens with zero attached hydrogens (tertiary/aromatic N) is 1. The molecule has 5 rings (SSSR count). The monoisotopic (exact) mass is 485 g/mol. The standard InChI is InChI=1S/C28H27N3O3S/c1-18-6-8-23(9-7-18)29-28(35)31(11-10-20-5-3-4-19(2)12-20)16-22-13-21-14-25-26(34-17-33-25)15-24(21)30-27(22)32/h3-9,12-15H,10-11,16-17H2,1-2H3,(H,29,35)(H,30,32). The molecule has 178 valence electrons. The van der Waals surface area contributed by atoms with Crippen molar-refractivity contribution >= 4 is 33.9 Å². The summed E-state index contributed by atoms with van der Waals surface area (Å²) in [5.74, 6) is 1.33. The summed E-state index contributed by atoms with van der Waals surface area (Å²) in [5.41, 5.74) is 5.76. The van der Waals surface area contributed by atoms with E-state index in [-0.39, 0.29) is 12.4 Å². The van der Waals surface area contributed by atoms with E-state index >= 15 is 0 Å². The Labute approximate surface area is 209 Å². The zero-order valence-corrected chi connectivity index (χ0v) is 20.6. The fraction of sp³-hybridized carbons (Fsp3) is 0.214. The van der Waals surface area contributed by atoms with E-state index in [1.165, 1.54) is 16.7 Å². The van der Waals surface area contributed by atoms with Gasteiger partial charge < -0.3 is 24.7 Å². The van der Waals surface area contributed by atoms with Crippen LogP contribution in [-0.2, 0) is 13.0 Å². The Hall–Kier alpha value is -3.84. The van der Waals surface area contributed by atoms with Crippen molar-refractivity contribution in [1.29, 1.82) is 0 Å². The number of anilines is 1. The molecule has 0 spiro atoms. The molecular formula is C28H27N3O3S. The van der Waals surface area contributed by atoms with Crippen molar-refractivity contribution in [3.63, 3.8) is 0 Å². The molecule has 7 heteroatoms. The molecule has 1 aliphatic rings. The molecule has 1 aromatic heterocycles. The first kappa shape index (κ1) is 22.9. The third-order valence-corrected chi connectivity index (χ3v) is 6.48. The summed E-state index contributed by atoms with van der Waals surface area (Å²) in [6, 6.07) is 22.2. The second kappa shape index (κ2) is 9.80. The molecule has 0 bridgehead atoms. The minimum atomic E-state index is -0.143. The molecule has 1 aliphatic heterocycles. The highest BCUT2D eigenvalue weighted by atomic mass is 32.1. The number of aromatic nitrogens is 1. The maximum Gasteiger partial charge on any atom is 0.253 e. The summed E-state index contributed by atoms with van der Waals surface area (Å²) in [7, 11) is 0. The van der Waals surface area contributed by atoms with Crippen LogP contribution in [0.5, 0.6) is 11.5 Å². The molecule has 0 atom stereocenters. The molecule has 3 aromatic carbocycles. The molecule has 0 aliphatic carbocycles. The lowest BCUT2D eigenvalue weighted by Crippen LogP contribution is -2.37. The zero-order valence-electron chi connectivity index (χ0n) is 19.8. The normalized spacial score (nSPS) is 12.1. The molecule has 0 fully saturated rings. The highest BCUT2D eigenvalue weighted by Crippen LogP contribution is 2.35. The van der Waals surface area contributed by atoms with Crippen LogP contribution in [0, 0.1) is 13.8 Å². The van der Waals surface area contributed by atoms with Gasteiger partial charge in [0.15, 0.2) is 16.6 Å². The smallest absolute Gasteiger partial charge is 0.253 e. The summed E-state index contributed by atoms with van der Waals surface area (Å²) in [4.78, 5) is 18.0. The third kappa shape index (κ3) is 5.30. The van der Waals surface area contributed by atoms with Crippen molar-refractivity contribution in [2.24, 2.45) is 0 Å². The van der Waals surface area contributed by atoms with Crippen LogP contribution in [0.3, 0.4) is 0 Å². The van der Waals surface area contributed by atoms with Gasteiger partial charge in [-0.25, -0.2) is 0 Å². The Bertz CT molecular complexity index is 1450. The van der Waals surface area contributed by atoms with Crippen LogP contribution in [0.4, 0.5) is 5.69 Å². The quantitative estimate of drug-likeness (QED) is 0.361. The Morgan fingerprint density at radius 2 is 1.77 bits per heavy atom. The van der Waals surface area contributed by atoms with Gasteiger partial charge in [0.05, 0.1) is 12.1 Å². The van der Waals surface area contributed by atoms with Gasteiger partial charge in [0, 0.05) is 29.2 Å². The van der Waals surface area contributed by atoms with E-state index < -0.39 is 0 Å². The Morgan fingerprint density at radius 1 is 1.00 bits per heavy atom. The van der Waals surface area contributed by atoms with Gasteiger partial charge in [-0.3, -0.25) is 4.79 Å². The van der Waals surface area contributed by atoms with E-state index in [9.17, 15) is 4.79 Å². The van der Waals surface area contributed by atoms with Crippen molar-refractivity contribution in [3.8, 4) is 11.5 Å². The van der Waals surface area contributed by atoms with E-state index in [0.717, 1.165) is 23.0 Å². The molecule has 6 nitrogen and oxygen atoms in total. The van der Waals surface area contributed by atoms with Gasteiger partial charge >= 0.3 is 0 Å². The molecule has 2 heterocycles. The summed E-state index contributed by atoms with van der Waals surface area (Å²) in [6.07, 6.45) is 0.807. The number of pyridine rings is 1. The number of rotatable bonds is 6. The predicted octanol–water partition coefficient (Wildman–Crippen LogP) is 5.32. The Kier molecular flexibility index (Phi) is 6.42. The van der Waals surface area contributed by atoms with Gasteiger partial charge in [0.25, 0.3) is 5.56 Å². The molecule has 0 unspecified atom stereocenters. The largest absolute Gasteiger partial charge is 0.454 e. The highest BCUT2D eigenvalue weighted by Gasteiger charge is 2.17. The van der Waals surface area contributed by atoms with E-state index in [0.29, 0.717) is 35.3 Å². The lowest BCUT2D eigenvalue weighted by Gasteiger charge is -2.26. The van der Waals surface area contributed by atoms with E-state index in [1.54, 1.807) is 0 Å². The Morgan fingerprint density at radius 3 is 2.54 bits per heavy atom. The van der Waals surface area contributed by atoms with Gasteiger partial charge in [-0.1, -0.05) is 47.5 Å². The molecule has 35 heavy (non-hydrogen) atoms. The van der Waals surface area contributed by atoms with Crippen LogP contribution in [0.2, 0.25) is 0 Å².